The molecule has 0 fully saturated rings. The highest BCUT2D eigenvalue weighted by atomic mass is 35.5. The standard InChI is InChI=1S/C17H15ClN2O2/c1-22-16-5-3-2-4-11(16)9-19-10-14-13-8-12(18)6-7-15(13)20-17(14)21/h2-8,10,20-21H,9H2,1H3. The molecule has 0 radical (unpaired) electrons. The second kappa shape index (κ2) is 6.12. The molecule has 0 aliphatic carbocycles. The van der Waals surface area contributed by atoms with Crippen molar-refractivity contribution >= 4 is 28.7 Å². The zero-order valence-corrected chi connectivity index (χ0v) is 12.8. The highest BCUT2D eigenvalue weighted by Gasteiger charge is 2.09. The molecule has 2 N–H and O–H groups in total. The average molecular weight is 315 g/mol. The second-order valence-corrected chi connectivity index (χ2v) is 5.30. The summed E-state index contributed by atoms with van der Waals surface area (Å²) in [5.41, 5.74) is 2.44. The number of hydrogen-bond donors (Lipinski definition) is 2. The number of hydrogen-bond acceptors (Lipinski definition) is 3. The largest absolute Gasteiger partial charge is 0.496 e. The first-order valence-electron chi connectivity index (χ1n) is 6.81. The van der Waals surface area contributed by atoms with Gasteiger partial charge in [0.05, 0.1) is 19.2 Å². The van der Waals surface area contributed by atoms with E-state index in [1.165, 1.54) is 0 Å². The minimum atomic E-state index is 0.0843. The lowest BCUT2D eigenvalue weighted by Crippen LogP contribution is -1.90. The van der Waals surface area contributed by atoms with E-state index in [9.17, 15) is 5.11 Å². The first-order valence-corrected chi connectivity index (χ1v) is 7.18. The van der Waals surface area contributed by atoms with Crippen LogP contribution in [0.15, 0.2) is 47.5 Å². The summed E-state index contributed by atoms with van der Waals surface area (Å²) >= 11 is 6.01. The van der Waals surface area contributed by atoms with Crippen LogP contribution in [0.2, 0.25) is 5.02 Å². The molecule has 0 bridgehead atoms. The fourth-order valence-electron chi connectivity index (χ4n) is 2.37. The number of benzene rings is 2. The SMILES string of the molecule is COc1ccccc1CN=Cc1c(O)[nH]c2ccc(Cl)cc12. The average Bonchev–Trinajstić information content (AvgIpc) is 2.83. The third-order valence-corrected chi connectivity index (χ3v) is 3.69. The molecule has 0 aliphatic heterocycles. The van der Waals surface area contributed by atoms with Gasteiger partial charge in [0.1, 0.15) is 5.75 Å². The fourth-order valence-corrected chi connectivity index (χ4v) is 2.54. The van der Waals surface area contributed by atoms with Crippen LogP contribution < -0.4 is 4.74 Å². The Morgan fingerprint density at radius 3 is 2.91 bits per heavy atom. The normalized spacial score (nSPS) is 11.4. The first kappa shape index (κ1) is 14.5. The predicted molar refractivity (Wildman–Crippen MR) is 89.3 cm³/mol. The highest BCUT2D eigenvalue weighted by molar-refractivity contribution is 6.31. The van der Waals surface area contributed by atoms with Gasteiger partial charge < -0.3 is 14.8 Å². The molecule has 0 aliphatic rings. The molecule has 2 aromatic carbocycles. The lowest BCUT2D eigenvalue weighted by Gasteiger charge is -2.04. The number of aliphatic imine (C=N–C) groups is 1. The molecule has 0 saturated heterocycles. The van der Waals surface area contributed by atoms with E-state index >= 15 is 0 Å². The number of nitrogens with one attached hydrogen (secondary N) is 1. The van der Waals surface area contributed by atoms with E-state index in [0.29, 0.717) is 17.1 Å². The van der Waals surface area contributed by atoms with Crippen LogP contribution in [0.5, 0.6) is 11.6 Å². The number of nitrogens with zero attached hydrogens (tertiary/aromatic N) is 1. The van der Waals surface area contributed by atoms with Crippen molar-refractivity contribution in [2.24, 2.45) is 4.99 Å². The third-order valence-electron chi connectivity index (χ3n) is 3.45. The molecular weight excluding hydrogens is 300 g/mol. The van der Waals surface area contributed by atoms with E-state index < -0.39 is 0 Å². The van der Waals surface area contributed by atoms with Gasteiger partial charge in [0.15, 0.2) is 5.88 Å². The zero-order valence-electron chi connectivity index (χ0n) is 12.0. The molecular formula is C17H15ClN2O2. The summed E-state index contributed by atoms with van der Waals surface area (Å²) in [6, 6.07) is 13.1. The first-order chi connectivity index (χ1) is 10.7. The molecule has 0 spiro atoms. The lowest BCUT2D eigenvalue weighted by molar-refractivity contribution is 0.410. The number of aromatic hydroxyl groups is 1. The molecule has 0 unspecified atom stereocenters. The summed E-state index contributed by atoms with van der Waals surface area (Å²) in [6.07, 6.45) is 1.65. The zero-order chi connectivity index (χ0) is 15.5. The molecule has 4 nitrogen and oxygen atoms in total. The minimum Gasteiger partial charge on any atom is -0.496 e. The Morgan fingerprint density at radius 1 is 1.27 bits per heavy atom. The number of H-pyrrole nitrogens is 1. The maximum absolute atomic E-state index is 10.0. The number of aromatic amines is 1. The van der Waals surface area contributed by atoms with E-state index in [1.54, 1.807) is 25.5 Å². The van der Waals surface area contributed by atoms with E-state index in [1.807, 2.05) is 30.3 Å². The molecule has 0 saturated carbocycles. The molecule has 1 heterocycles. The Bertz CT molecular complexity index is 840. The van der Waals surface area contributed by atoms with Crippen molar-refractivity contribution in [3.63, 3.8) is 0 Å². The van der Waals surface area contributed by atoms with Gasteiger partial charge in [-0.3, -0.25) is 4.99 Å². The Kier molecular flexibility index (Phi) is 4.02. The van der Waals surface area contributed by atoms with Crippen LogP contribution in [0.4, 0.5) is 0 Å². The number of para-hydroxylation sites is 1. The van der Waals surface area contributed by atoms with Crippen molar-refractivity contribution in [1.29, 1.82) is 0 Å². The number of methoxy groups -OCH3 is 1. The van der Waals surface area contributed by atoms with E-state index in [4.69, 9.17) is 16.3 Å². The van der Waals surface area contributed by atoms with Crippen molar-refractivity contribution in [3.05, 3.63) is 58.6 Å². The molecule has 1 aromatic heterocycles. The molecule has 3 rings (SSSR count). The van der Waals surface area contributed by atoms with Crippen molar-refractivity contribution in [1.82, 2.24) is 4.98 Å². The van der Waals surface area contributed by atoms with Gasteiger partial charge in [0.2, 0.25) is 0 Å². The summed E-state index contributed by atoms with van der Waals surface area (Å²) in [4.78, 5) is 7.31. The van der Waals surface area contributed by atoms with E-state index in [-0.39, 0.29) is 5.88 Å². The Balaban J connectivity index is 1.89. The minimum absolute atomic E-state index is 0.0843. The molecule has 0 amide bonds. The van der Waals surface area contributed by atoms with Gasteiger partial charge in [-0.2, -0.15) is 0 Å². The molecule has 5 heteroatoms. The van der Waals surface area contributed by atoms with Crippen LogP contribution in [0.3, 0.4) is 0 Å². The quantitative estimate of drug-likeness (QED) is 0.711. The van der Waals surface area contributed by atoms with Crippen LogP contribution in [-0.2, 0) is 6.54 Å². The van der Waals surface area contributed by atoms with Gasteiger partial charge in [0, 0.05) is 27.7 Å². The predicted octanol–water partition coefficient (Wildman–Crippen LogP) is 4.15. The van der Waals surface area contributed by atoms with Crippen LogP contribution >= 0.6 is 11.6 Å². The molecule has 22 heavy (non-hydrogen) atoms. The van der Waals surface area contributed by atoms with Crippen LogP contribution in [0.25, 0.3) is 10.9 Å². The molecule has 112 valence electrons. The van der Waals surface area contributed by atoms with Crippen LogP contribution in [-0.4, -0.2) is 23.4 Å². The Morgan fingerprint density at radius 2 is 2.09 bits per heavy atom. The number of rotatable bonds is 4. The molecule has 0 atom stereocenters. The van der Waals surface area contributed by atoms with Crippen molar-refractivity contribution < 1.29 is 9.84 Å². The van der Waals surface area contributed by atoms with Crippen molar-refractivity contribution in [3.8, 4) is 11.6 Å². The third kappa shape index (κ3) is 2.78. The lowest BCUT2D eigenvalue weighted by atomic mass is 10.2. The smallest absolute Gasteiger partial charge is 0.198 e. The summed E-state index contributed by atoms with van der Waals surface area (Å²) in [5, 5.41) is 11.5. The number of aromatic nitrogens is 1. The maximum atomic E-state index is 10.0. The maximum Gasteiger partial charge on any atom is 0.198 e. The van der Waals surface area contributed by atoms with Crippen molar-refractivity contribution in [2.75, 3.05) is 7.11 Å². The van der Waals surface area contributed by atoms with Crippen LogP contribution in [0, 0.1) is 0 Å². The number of fused-ring (bicyclic) bond motifs is 1. The number of halogens is 1. The monoisotopic (exact) mass is 314 g/mol. The second-order valence-electron chi connectivity index (χ2n) is 4.86. The summed E-state index contributed by atoms with van der Waals surface area (Å²) in [7, 11) is 1.63. The van der Waals surface area contributed by atoms with Gasteiger partial charge in [-0.25, -0.2) is 0 Å². The van der Waals surface area contributed by atoms with Gasteiger partial charge in [-0.05, 0) is 24.3 Å². The van der Waals surface area contributed by atoms with Gasteiger partial charge in [-0.15, -0.1) is 0 Å². The summed E-state index contributed by atoms with van der Waals surface area (Å²) < 4.78 is 5.30. The van der Waals surface area contributed by atoms with Crippen molar-refractivity contribution in [2.45, 2.75) is 6.54 Å². The Labute approximate surface area is 133 Å². The Hall–Kier alpha value is -2.46. The van der Waals surface area contributed by atoms with E-state index in [0.717, 1.165) is 22.2 Å². The van der Waals surface area contributed by atoms with Crippen LogP contribution in [0.1, 0.15) is 11.1 Å². The van der Waals surface area contributed by atoms with E-state index in [2.05, 4.69) is 9.98 Å². The molecule has 3 aromatic rings. The topological polar surface area (TPSA) is 57.6 Å². The van der Waals surface area contributed by atoms with Gasteiger partial charge in [0.25, 0.3) is 0 Å². The summed E-state index contributed by atoms with van der Waals surface area (Å²) in [6.45, 7) is 0.469. The van der Waals surface area contributed by atoms with Gasteiger partial charge >= 0.3 is 0 Å². The summed E-state index contributed by atoms with van der Waals surface area (Å²) in [5.74, 6) is 0.881. The van der Waals surface area contributed by atoms with Gasteiger partial charge in [-0.1, -0.05) is 29.8 Å². The highest BCUT2D eigenvalue weighted by Crippen LogP contribution is 2.28. The fraction of sp³-hybridized carbons (Fsp3) is 0.118. The number of ether oxygens (including phenoxy) is 1.